The monoisotopic (exact) mass is 1210 g/mol. The summed E-state index contributed by atoms with van der Waals surface area (Å²) in [5.41, 5.74) is 21.3. The summed E-state index contributed by atoms with van der Waals surface area (Å²) in [6, 6.07) is 126. The van der Waals surface area contributed by atoms with Crippen molar-refractivity contribution >= 4 is 112 Å². The minimum absolute atomic E-state index is 0.460. The lowest BCUT2D eigenvalue weighted by molar-refractivity contribution is 1.10. The van der Waals surface area contributed by atoms with Gasteiger partial charge in [-0.1, -0.05) is 211 Å². The average molecular weight is 1210 g/mol. The standard InChI is InChI=1S/C87H63N7/c1-61-46-50-70(51-47-61)91(68-38-20-8-21-39-68)84-78(60-88)85(92(69-40-22-9-23-41-69)71-52-48-62(2)49-53-71)87(94-80-45-27-25-43-75(80)77-59-73(55-57-82(77)94)90(66-34-16-6-17-35-66)67-36-18-7-19-37-67)83(63-28-10-3-11-29-63)86(84)93-79-44-26-24-42-74(79)76-58-72(54-56-81(76)93)89(64-30-12-4-13-31-64)65-32-14-5-15-33-65/h3-59H,1-2H3. The first-order valence-corrected chi connectivity index (χ1v) is 31.9. The van der Waals surface area contributed by atoms with Crippen LogP contribution in [0, 0.1) is 25.2 Å². The van der Waals surface area contributed by atoms with Gasteiger partial charge in [0.1, 0.15) is 11.6 Å². The van der Waals surface area contributed by atoms with E-state index in [4.69, 9.17) is 0 Å². The fourth-order valence-corrected chi connectivity index (χ4v) is 13.8. The minimum atomic E-state index is 0.460. The number of aromatic nitrogens is 2. The fraction of sp³-hybridized carbons (Fsp3) is 0.0230. The highest BCUT2D eigenvalue weighted by Gasteiger charge is 2.37. The van der Waals surface area contributed by atoms with E-state index in [2.05, 4.69) is 394 Å². The molecule has 0 saturated heterocycles. The van der Waals surface area contributed by atoms with Crippen LogP contribution in [0.2, 0.25) is 0 Å². The number of anilines is 12. The Morgan fingerprint density at radius 1 is 0.255 bits per heavy atom. The van der Waals surface area contributed by atoms with E-state index in [-0.39, 0.29) is 0 Å². The predicted octanol–water partition coefficient (Wildman–Crippen LogP) is 23.9. The second-order valence-corrected chi connectivity index (χ2v) is 23.8. The summed E-state index contributed by atoms with van der Waals surface area (Å²) in [5, 5.41) is 17.5. The second-order valence-electron chi connectivity index (χ2n) is 23.8. The molecule has 16 aromatic rings. The van der Waals surface area contributed by atoms with Crippen molar-refractivity contribution in [2.24, 2.45) is 0 Å². The number of benzene rings is 14. The van der Waals surface area contributed by atoms with Crippen LogP contribution < -0.4 is 19.6 Å². The topological polar surface area (TPSA) is 46.6 Å². The highest BCUT2D eigenvalue weighted by molar-refractivity contribution is 6.17. The summed E-state index contributed by atoms with van der Waals surface area (Å²) in [5.74, 6) is 0. The molecule has 0 spiro atoms. The zero-order valence-electron chi connectivity index (χ0n) is 52.0. The van der Waals surface area contributed by atoms with Gasteiger partial charge in [-0.05, 0) is 165 Å². The molecule has 0 aliphatic rings. The lowest BCUT2D eigenvalue weighted by atomic mass is 9.92. The smallest absolute Gasteiger partial charge is 0.104 e. The Morgan fingerprint density at radius 3 is 0.851 bits per heavy atom. The number of nitrogens with zero attached hydrogens (tertiary/aromatic N) is 7. The number of rotatable bonds is 15. The Morgan fingerprint density at radius 2 is 0.521 bits per heavy atom. The van der Waals surface area contributed by atoms with Crippen LogP contribution in [0.3, 0.4) is 0 Å². The van der Waals surface area contributed by atoms with Gasteiger partial charge in [0.15, 0.2) is 0 Å². The molecule has 0 unspecified atom stereocenters. The maximum absolute atomic E-state index is 13.2. The van der Waals surface area contributed by atoms with Crippen molar-refractivity contribution in [2.45, 2.75) is 13.8 Å². The quantitative estimate of drug-likeness (QED) is 0.102. The average Bonchev–Trinajstić information content (AvgIpc) is 1.34. The van der Waals surface area contributed by atoms with Gasteiger partial charge in [0, 0.05) is 84.0 Å². The number of para-hydroxylation sites is 8. The Bertz CT molecular complexity index is 5040. The van der Waals surface area contributed by atoms with Crippen molar-refractivity contribution in [3.63, 3.8) is 0 Å². The first-order chi connectivity index (χ1) is 46.5. The van der Waals surface area contributed by atoms with Crippen molar-refractivity contribution in [1.29, 1.82) is 5.26 Å². The molecule has 14 aromatic carbocycles. The van der Waals surface area contributed by atoms with Gasteiger partial charge in [-0.3, -0.25) is 0 Å². The largest absolute Gasteiger partial charge is 0.310 e. The number of hydrogen-bond acceptors (Lipinski definition) is 5. The van der Waals surface area contributed by atoms with Crippen molar-refractivity contribution in [2.75, 3.05) is 19.6 Å². The predicted molar refractivity (Wildman–Crippen MR) is 393 cm³/mol. The van der Waals surface area contributed by atoms with Crippen LogP contribution in [0.5, 0.6) is 0 Å². The molecule has 2 aromatic heterocycles. The summed E-state index contributed by atoms with van der Waals surface area (Å²) in [6.45, 7) is 4.25. The summed E-state index contributed by atoms with van der Waals surface area (Å²) in [4.78, 5) is 9.31. The van der Waals surface area contributed by atoms with Gasteiger partial charge in [0.05, 0.1) is 44.8 Å². The normalized spacial score (nSPS) is 11.3. The maximum atomic E-state index is 13.2. The molecule has 446 valence electrons. The molecule has 0 amide bonds. The van der Waals surface area contributed by atoms with Gasteiger partial charge < -0.3 is 28.7 Å². The van der Waals surface area contributed by atoms with Crippen molar-refractivity contribution in [3.8, 4) is 28.6 Å². The molecule has 0 N–H and O–H groups in total. The molecule has 2 heterocycles. The van der Waals surface area contributed by atoms with Crippen LogP contribution >= 0.6 is 0 Å². The van der Waals surface area contributed by atoms with Gasteiger partial charge in [0.2, 0.25) is 0 Å². The van der Waals surface area contributed by atoms with E-state index >= 15 is 0 Å². The second kappa shape index (κ2) is 24.3. The molecular weight excluding hydrogens is 1140 g/mol. The van der Waals surface area contributed by atoms with Gasteiger partial charge in [-0.25, -0.2) is 0 Å². The van der Waals surface area contributed by atoms with Crippen LogP contribution in [0.25, 0.3) is 66.1 Å². The van der Waals surface area contributed by atoms with E-state index < -0.39 is 0 Å². The molecule has 0 bridgehead atoms. The van der Waals surface area contributed by atoms with Crippen molar-refractivity contribution in [1.82, 2.24) is 9.13 Å². The molecule has 7 heteroatoms. The molecule has 0 fully saturated rings. The summed E-state index contributed by atoms with van der Waals surface area (Å²) < 4.78 is 4.92. The van der Waals surface area contributed by atoms with E-state index in [1.54, 1.807) is 0 Å². The molecule has 7 nitrogen and oxygen atoms in total. The van der Waals surface area contributed by atoms with Crippen molar-refractivity contribution in [3.05, 3.63) is 362 Å². The molecule has 0 atom stereocenters. The molecule has 94 heavy (non-hydrogen) atoms. The van der Waals surface area contributed by atoms with Crippen LogP contribution in [0.15, 0.2) is 346 Å². The van der Waals surface area contributed by atoms with E-state index in [0.29, 0.717) is 16.9 Å². The van der Waals surface area contributed by atoms with E-state index in [0.717, 1.165) is 134 Å². The number of fused-ring (bicyclic) bond motifs is 6. The lowest BCUT2D eigenvalue weighted by Gasteiger charge is -2.37. The third-order valence-corrected chi connectivity index (χ3v) is 18.0. The molecule has 16 rings (SSSR count). The van der Waals surface area contributed by atoms with Crippen LogP contribution in [0.4, 0.5) is 68.2 Å². The SMILES string of the molecule is Cc1ccc(N(c2ccccc2)c2c(C#N)c(N(c3ccccc3)c3ccc(C)cc3)c(-n3c4ccccc4c4cc(N(c5ccccc5)c5ccccc5)ccc43)c(-c3ccccc3)c2-n2c3ccccc3c3cc(N(c4ccccc4)c4ccccc4)ccc32)cc1. The van der Waals surface area contributed by atoms with Gasteiger partial charge in [0.25, 0.3) is 0 Å². The number of nitriles is 1. The van der Waals surface area contributed by atoms with Gasteiger partial charge in [-0.15, -0.1) is 0 Å². The highest BCUT2D eigenvalue weighted by Crippen LogP contribution is 2.57. The number of hydrogen-bond donors (Lipinski definition) is 0. The van der Waals surface area contributed by atoms with E-state index in [1.807, 2.05) is 0 Å². The third kappa shape index (κ3) is 9.95. The van der Waals surface area contributed by atoms with Gasteiger partial charge in [-0.2, -0.15) is 5.26 Å². The fourth-order valence-electron chi connectivity index (χ4n) is 13.8. The number of aryl methyl sites for hydroxylation is 2. The first kappa shape index (κ1) is 56.6. The summed E-state index contributed by atoms with van der Waals surface area (Å²) >= 11 is 0. The Kier molecular flexibility index (Phi) is 14.6. The maximum Gasteiger partial charge on any atom is 0.104 e. The Hall–Kier alpha value is -12.6. The lowest BCUT2D eigenvalue weighted by Crippen LogP contribution is -2.22. The third-order valence-electron chi connectivity index (χ3n) is 18.0. The molecule has 0 radical (unpaired) electrons. The Balaban J connectivity index is 1.13. The van der Waals surface area contributed by atoms with Crippen LogP contribution in [0.1, 0.15) is 16.7 Å². The minimum Gasteiger partial charge on any atom is -0.310 e. The molecule has 0 aliphatic heterocycles. The molecule has 0 aliphatic carbocycles. The van der Waals surface area contributed by atoms with Crippen LogP contribution in [-0.2, 0) is 0 Å². The van der Waals surface area contributed by atoms with Crippen molar-refractivity contribution < 1.29 is 0 Å². The molecular formula is C87H63N7. The zero-order chi connectivity index (χ0) is 63.1. The first-order valence-electron chi connectivity index (χ1n) is 31.9. The van der Waals surface area contributed by atoms with Crippen LogP contribution in [-0.4, -0.2) is 9.13 Å². The molecule has 0 saturated carbocycles. The van der Waals surface area contributed by atoms with E-state index in [1.165, 1.54) is 0 Å². The summed E-state index contributed by atoms with van der Waals surface area (Å²) in [6.07, 6.45) is 0. The zero-order valence-corrected chi connectivity index (χ0v) is 52.0. The van der Waals surface area contributed by atoms with Gasteiger partial charge >= 0.3 is 0 Å². The highest BCUT2D eigenvalue weighted by atomic mass is 15.2. The Labute approximate surface area is 547 Å². The summed E-state index contributed by atoms with van der Waals surface area (Å²) in [7, 11) is 0. The van der Waals surface area contributed by atoms with E-state index in [9.17, 15) is 5.26 Å².